The molecular weight excluding hydrogens is 348 g/mol. The fraction of sp³-hybridized carbons (Fsp3) is 0.235. The normalized spacial score (nSPS) is 11.8. The molecule has 0 atom stereocenters. The third kappa shape index (κ3) is 3.95. The first-order valence-electron chi connectivity index (χ1n) is 7.37. The van der Waals surface area contributed by atoms with Gasteiger partial charge in [0.15, 0.2) is 0 Å². The third-order valence-corrected chi connectivity index (χ3v) is 6.01. The van der Waals surface area contributed by atoms with Crippen molar-refractivity contribution in [1.29, 1.82) is 0 Å². The smallest absolute Gasteiger partial charge is 0.257 e. The number of rotatable bonds is 5. The summed E-state index contributed by atoms with van der Waals surface area (Å²) in [6.45, 7) is 3.60. The van der Waals surface area contributed by atoms with Gasteiger partial charge in [0.05, 0.1) is 15.5 Å². The Morgan fingerprint density at radius 2 is 1.67 bits per heavy atom. The van der Waals surface area contributed by atoms with Crippen molar-refractivity contribution in [1.82, 2.24) is 4.31 Å². The molecule has 1 N–H and O–H groups in total. The summed E-state index contributed by atoms with van der Waals surface area (Å²) < 4.78 is 26.1. The lowest BCUT2D eigenvalue weighted by Gasteiger charge is -2.21. The molecule has 0 aromatic heterocycles. The van der Waals surface area contributed by atoms with Crippen LogP contribution in [0.3, 0.4) is 0 Å². The van der Waals surface area contributed by atoms with Crippen molar-refractivity contribution in [3.63, 3.8) is 0 Å². The summed E-state index contributed by atoms with van der Waals surface area (Å²) in [5.41, 5.74) is 0.849. The monoisotopic (exact) mass is 366 g/mol. The van der Waals surface area contributed by atoms with Gasteiger partial charge in [-0.3, -0.25) is 4.79 Å². The van der Waals surface area contributed by atoms with Crippen molar-refractivity contribution < 1.29 is 13.2 Å². The van der Waals surface area contributed by atoms with E-state index < -0.39 is 10.0 Å². The molecule has 0 radical (unpaired) electrons. The molecule has 0 aliphatic carbocycles. The zero-order chi connectivity index (χ0) is 17.9. The van der Waals surface area contributed by atoms with Crippen LogP contribution in [0.1, 0.15) is 24.2 Å². The second kappa shape index (κ2) is 7.34. The zero-order valence-corrected chi connectivity index (χ0v) is 15.2. The van der Waals surface area contributed by atoms with Gasteiger partial charge in [-0.25, -0.2) is 8.42 Å². The van der Waals surface area contributed by atoms with Crippen LogP contribution in [0.25, 0.3) is 0 Å². The molecule has 24 heavy (non-hydrogen) atoms. The highest BCUT2D eigenvalue weighted by Gasteiger charge is 2.22. The molecule has 128 valence electrons. The van der Waals surface area contributed by atoms with E-state index in [-0.39, 0.29) is 16.8 Å². The maximum atomic E-state index is 12.4. The summed E-state index contributed by atoms with van der Waals surface area (Å²) in [6.07, 6.45) is 0. The van der Waals surface area contributed by atoms with E-state index in [0.717, 1.165) is 0 Å². The molecule has 0 aliphatic heterocycles. The van der Waals surface area contributed by atoms with Gasteiger partial charge in [-0.1, -0.05) is 23.7 Å². The van der Waals surface area contributed by atoms with Gasteiger partial charge in [-0.2, -0.15) is 4.31 Å². The standard InChI is InChI=1S/C17H19ClN2O3S/c1-12(2)20(3)24(22,23)14-10-8-13(9-11-14)19-17(21)15-6-4-5-7-16(15)18/h4-12H,1-3H3,(H,19,21). The van der Waals surface area contributed by atoms with Crippen molar-refractivity contribution in [2.24, 2.45) is 0 Å². The first-order valence-corrected chi connectivity index (χ1v) is 9.19. The fourth-order valence-corrected chi connectivity index (χ4v) is 3.59. The Kier molecular flexibility index (Phi) is 5.64. The lowest BCUT2D eigenvalue weighted by Crippen LogP contribution is -2.33. The van der Waals surface area contributed by atoms with E-state index in [1.807, 2.05) is 0 Å². The molecule has 0 saturated carbocycles. The Morgan fingerprint density at radius 1 is 1.08 bits per heavy atom. The van der Waals surface area contributed by atoms with Crippen molar-refractivity contribution in [3.05, 3.63) is 59.1 Å². The predicted octanol–water partition coefficient (Wildman–Crippen LogP) is 3.62. The summed E-state index contributed by atoms with van der Waals surface area (Å²) in [5.74, 6) is -0.351. The van der Waals surface area contributed by atoms with E-state index in [9.17, 15) is 13.2 Å². The van der Waals surface area contributed by atoms with Crippen molar-refractivity contribution in [3.8, 4) is 0 Å². The molecule has 5 nitrogen and oxygen atoms in total. The number of carbonyl (C=O) groups is 1. The summed E-state index contributed by atoms with van der Waals surface area (Å²) in [7, 11) is -2.01. The average Bonchev–Trinajstić information content (AvgIpc) is 2.54. The van der Waals surface area contributed by atoms with Crippen LogP contribution < -0.4 is 5.32 Å². The van der Waals surface area contributed by atoms with E-state index >= 15 is 0 Å². The van der Waals surface area contributed by atoms with Gasteiger partial charge in [0.2, 0.25) is 10.0 Å². The van der Waals surface area contributed by atoms with Gasteiger partial charge >= 0.3 is 0 Å². The highest BCUT2D eigenvalue weighted by Crippen LogP contribution is 2.21. The molecule has 0 unspecified atom stereocenters. The van der Waals surface area contributed by atoms with E-state index in [4.69, 9.17) is 11.6 Å². The number of anilines is 1. The van der Waals surface area contributed by atoms with E-state index in [1.165, 1.54) is 23.5 Å². The Bertz CT molecular complexity index is 833. The number of carbonyl (C=O) groups excluding carboxylic acids is 1. The van der Waals surface area contributed by atoms with Crippen molar-refractivity contribution >= 4 is 33.2 Å². The fourth-order valence-electron chi connectivity index (χ4n) is 2.00. The second-order valence-electron chi connectivity index (χ2n) is 5.57. The predicted molar refractivity (Wildman–Crippen MR) is 95.9 cm³/mol. The molecule has 0 aliphatic rings. The molecule has 2 aromatic carbocycles. The Labute approximate surface area is 147 Å². The van der Waals surface area contributed by atoms with Gasteiger partial charge in [0.1, 0.15) is 0 Å². The molecule has 0 spiro atoms. The Hall–Kier alpha value is -1.89. The summed E-state index contributed by atoms with van der Waals surface area (Å²) >= 11 is 5.99. The molecular formula is C17H19ClN2O3S. The number of amides is 1. The second-order valence-corrected chi connectivity index (χ2v) is 7.98. The number of sulfonamides is 1. The summed E-state index contributed by atoms with van der Waals surface area (Å²) in [5, 5.41) is 3.05. The molecule has 0 bridgehead atoms. The topological polar surface area (TPSA) is 66.5 Å². The summed E-state index contributed by atoms with van der Waals surface area (Å²) in [4.78, 5) is 12.4. The lowest BCUT2D eigenvalue weighted by molar-refractivity contribution is 0.102. The Balaban J connectivity index is 2.19. The number of nitrogens with one attached hydrogen (secondary N) is 1. The lowest BCUT2D eigenvalue weighted by atomic mass is 10.2. The van der Waals surface area contributed by atoms with Gasteiger partial charge in [0.25, 0.3) is 5.91 Å². The molecule has 2 aromatic rings. The molecule has 2 rings (SSSR count). The molecule has 7 heteroatoms. The van der Waals surface area contributed by atoms with Crippen LogP contribution in [-0.2, 0) is 10.0 Å². The number of halogens is 1. The van der Waals surface area contributed by atoms with Crippen LogP contribution in [-0.4, -0.2) is 31.7 Å². The van der Waals surface area contributed by atoms with Crippen molar-refractivity contribution in [2.75, 3.05) is 12.4 Å². The largest absolute Gasteiger partial charge is 0.322 e. The number of hydrogen-bond donors (Lipinski definition) is 1. The minimum atomic E-state index is -3.54. The first kappa shape index (κ1) is 18.4. The van der Waals surface area contributed by atoms with Gasteiger partial charge in [-0.15, -0.1) is 0 Å². The first-order chi connectivity index (χ1) is 11.2. The average molecular weight is 367 g/mol. The van der Waals surface area contributed by atoms with Crippen LogP contribution in [0.2, 0.25) is 5.02 Å². The van der Waals surface area contributed by atoms with E-state index in [2.05, 4.69) is 5.32 Å². The zero-order valence-electron chi connectivity index (χ0n) is 13.7. The number of benzene rings is 2. The van der Waals surface area contributed by atoms with Crippen molar-refractivity contribution in [2.45, 2.75) is 24.8 Å². The van der Waals surface area contributed by atoms with Crippen LogP contribution in [0.15, 0.2) is 53.4 Å². The van der Waals surface area contributed by atoms with E-state index in [0.29, 0.717) is 16.3 Å². The molecule has 0 saturated heterocycles. The number of nitrogens with zero attached hydrogens (tertiary/aromatic N) is 1. The van der Waals surface area contributed by atoms with Gasteiger partial charge in [0, 0.05) is 18.8 Å². The van der Waals surface area contributed by atoms with Crippen LogP contribution >= 0.6 is 11.6 Å². The Morgan fingerprint density at radius 3 is 2.21 bits per heavy atom. The quantitative estimate of drug-likeness (QED) is 0.878. The SMILES string of the molecule is CC(C)N(C)S(=O)(=O)c1ccc(NC(=O)c2ccccc2Cl)cc1. The number of hydrogen-bond acceptors (Lipinski definition) is 3. The van der Waals surface area contributed by atoms with Crippen LogP contribution in [0.4, 0.5) is 5.69 Å². The minimum Gasteiger partial charge on any atom is -0.322 e. The van der Waals surface area contributed by atoms with Gasteiger partial charge in [-0.05, 0) is 50.2 Å². The third-order valence-electron chi connectivity index (χ3n) is 3.63. The highest BCUT2D eigenvalue weighted by atomic mass is 35.5. The molecule has 1 amide bonds. The molecule has 0 heterocycles. The maximum Gasteiger partial charge on any atom is 0.257 e. The molecule has 0 fully saturated rings. The highest BCUT2D eigenvalue weighted by molar-refractivity contribution is 7.89. The maximum absolute atomic E-state index is 12.4. The van der Waals surface area contributed by atoms with Gasteiger partial charge < -0.3 is 5.32 Å². The van der Waals surface area contributed by atoms with Crippen LogP contribution in [0.5, 0.6) is 0 Å². The van der Waals surface area contributed by atoms with E-state index in [1.54, 1.807) is 50.2 Å². The summed E-state index contributed by atoms with van der Waals surface area (Å²) in [6, 6.07) is 12.6. The minimum absolute atomic E-state index is 0.144. The van der Waals surface area contributed by atoms with Crippen LogP contribution in [0, 0.1) is 0 Å².